The van der Waals surface area contributed by atoms with Gasteiger partial charge in [0.15, 0.2) is 5.69 Å². The maximum atomic E-state index is 12.8. The van der Waals surface area contributed by atoms with Crippen molar-refractivity contribution >= 4 is 39.9 Å². The molecule has 29 heavy (non-hydrogen) atoms. The maximum Gasteiger partial charge on any atom is 0.322 e. The van der Waals surface area contributed by atoms with Crippen molar-refractivity contribution < 1.29 is 14.5 Å². The summed E-state index contributed by atoms with van der Waals surface area (Å²) in [6.07, 6.45) is 0. The third-order valence-electron chi connectivity index (χ3n) is 5.22. The van der Waals surface area contributed by atoms with Crippen LogP contribution < -0.4 is 19.9 Å². The highest BCUT2D eigenvalue weighted by Gasteiger charge is 2.24. The molecule has 0 spiro atoms. The summed E-state index contributed by atoms with van der Waals surface area (Å²) in [5.74, 6) is 0.548. The van der Waals surface area contributed by atoms with Gasteiger partial charge in [0.05, 0.1) is 23.2 Å². The third-order valence-corrected chi connectivity index (χ3v) is 5.54. The van der Waals surface area contributed by atoms with Crippen molar-refractivity contribution in [2.24, 2.45) is 0 Å². The van der Waals surface area contributed by atoms with Crippen LogP contribution in [0.2, 0.25) is 5.02 Å². The van der Waals surface area contributed by atoms with Gasteiger partial charge in [-0.3, -0.25) is 0 Å². The lowest BCUT2D eigenvalue weighted by Gasteiger charge is -2.36. The molecule has 150 valence electrons. The second kappa shape index (κ2) is 8.17. The van der Waals surface area contributed by atoms with Crippen LogP contribution in [0.3, 0.4) is 0 Å². The molecule has 2 amide bonds. The standard InChI is InChI=1S/C22H23ClN4O2/c1-15-14-19(16-6-3-4-8-18(16)24-15)26-10-12-27(13-11-26)22(28)25-21-17(23)7-5-9-20(21)29-2/h3-9,14H,10-13H2,1-2H3,(H,25,28)/p+1. The van der Waals surface area contributed by atoms with Gasteiger partial charge in [-0.1, -0.05) is 29.8 Å². The number of piperazine rings is 1. The first kappa shape index (κ1) is 19.3. The van der Waals surface area contributed by atoms with E-state index < -0.39 is 0 Å². The Kier molecular flexibility index (Phi) is 5.45. The van der Waals surface area contributed by atoms with Gasteiger partial charge < -0.3 is 19.9 Å². The molecule has 2 N–H and O–H groups in total. The van der Waals surface area contributed by atoms with Crippen LogP contribution in [0.25, 0.3) is 10.9 Å². The minimum Gasteiger partial charge on any atom is -0.495 e. The fourth-order valence-electron chi connectivity index (χ4n) is 3.74. The molecule has 2 aromatic carbocycles. The number of anilines is 2. The van der Waals surface area contributed by atoms with Crippen LogP contribution in [0.15, 0.2) is 48.5 Å². The van der Waals surface area contributed by atoms with Crippen molar-refractivity contribution in [1.29, 1.82) is 0 Å². The lowest BCUT2D eigenvalue weighted by atomic mass is 10.1. The number of aryl methyl sites for hydroxylation is 1. The predicted octanol–water partition coefficient (Wildman–Crippen LogP) is 3.98. The number of ether oxygens (including phenoxy) is 1. The topological polar surface area (TPSA) is 59.0 Å². The summed E-state index contributed by atoms with van der Waals surface area (Å²) in [6.45, 7) is 4.85. The predicted molar refractivity (Wildman–Crippen MR) is 116 cm³/mol. The van der Waals surface area contributed by atoms with Gasteiger partial charge in [0, 0.05) is 45.2 Å². The number of methoxy groups -OCH3 is 1. The molecule has 0 radical (unpaired) electrons. The van der Waals surface area contributed by atoms with Gasteiger partial charge in [0.2, 0.25) is 5.52 Å². The van der Waals surface area contributed by atoms with Crippen molar-refractivity contribution in [3.8, 4) is 5.75 Å². The summed E-state index contributed by atoms with van der Waals surface area (Å²) in [5, 5.41) is 4.55. The highest BCUT2D eigenvalue weighted by atomic mass is 35.5. The Labute approximate surface area is 175 Å². The largest absolute Gasteiger partial charge is 0.495 e. The first-order valence-electron chi connectivity index (χ1n) is 9.62. The summed E-state index contributed by atoms with van der Waals surface area (Å²) in [7, 11) is 1.56. The van der Waals surface area contributed by atoms with Crippen LogP contribution in [-0.2, 0) is 0 Å². The number of benzene rings is 2. The minimum atomic E-state index is -0.168. The Morgan fingerprint density at radius 1 is 1.10 bits per heavy atom. The highest BCUT2D eigenvalue weighted by molar-refractivity contribution is 6.34. The minimum absolute atomic E-state index is 0.168. The summed E-state index contributed by atoms with van der Waals surface area (Å²) in [6, 6.07) is 15.6. The molecule has 3 aromatic rings. The van der Waals surface area contributed by atoms with Gasteiger partial charge >= 0.3 is 6.03 Å². The zero-order valence-electron chi connectivity index (χ0n) is 16.5. The quantitative estimate of drug-likeness (QED) is 0.709. The van der Waals surface area contributed by atoms with Gasteiger partial charge in [0.1, 0.15) is 11.4 Å². The van der Waals surface area contributed by atoms with E-state index in [1.807, 2.05) is 11.0 Å². The number of urea groups is 1. The van der Waals surface area contributed by atoms with E-state index in [1.165, 1.54) is 11.1 Å². The van der Waals surface area contributed by atoms with Crippen LogP contribution >= 0.6 is 11.6 Å². The lowest BCUT2D eigenvalue weighted by Crippen LogP contribution is -2.50. The number of hydrogen-bond acceptors (Lipinski definition) is 3. The number of nitrogens with one attached hydrogen (secondary N) is 2. The molecule has 1 aliphatic heterocycles. The smallest absolute Gasteiger partial charge is 0.322 e. The Hall–Kier alpha value is -2.99. The molecular weight excluding hydrogens is 388 g/mol. The van der Waals surface area contributed by atoms with Crippen molar-refractivity contribution in [3.05, 3.63) is 59.2 Å². The van der Waals surface area contributed by atoms with E-state index in [-0.39, 0.29) is 6.03 Å². The number of halogens is 1. The van der Waals surface area contributed by atoms with Gasteiger partial charge in [-0.05, 0) is 18.2 Å². The number of aromatic amines is 1. The monoisotopic (exact) mass is 411 g/mol. The van der Waals surface area contributed by atoms with Gasteiger partial charge in [-0.2, -0.15) is 0 Å². The molecule has 1 aromatic heterocycles. The fourth-order valence-corrected chi connectivity index (χ4v) is 3.95. The second-order valence-electron chi connectivity index (χ2n) is 7.10. The Morgan fingerprint density at radius 3 is 2.62 bits per heavy atom. The number of fused-ring (bicyclic) bond motifs is 1. The second-order valence-corrected chi connectivity index (χ2v) is 7.51. The van der Waals surface area contributed by atoms with Crippen LogP contribution in [0, 0.1) is 6.92 Å². The first-order chi connectivity index (χ1) is 14.1. The van der Waals surface area contributed by atoms with E-state index in [4.69, 9.17) is 16.3 Å². The number of nitrogens with zero attached hydrogens (tertiary/aromatic N) is 2. The molecule has 0 bridgehead atoms. The van der Waals surface area contributed by atoms with Crippen LogP contribution in [0.4, 0.5) is 16.2 Å². The Balaban J connectivity index is 1.47. The summed E-state index contributed by atoms with van der Waals surface area (Å²) in [5.41, 5.74) is 3.94. The lowest BCUT2D eigenvalue weighted by molar-refractivity contribution is -0.354. The molecule has 1 saturated heterocycles. The van der Waals surface area contributed by atoms with Crippen molar-refractivity contribution in [1.82, 2.24) is 4.90 Å². The van der Waals surface area contributed by atoms with E-state index in [9.17, 15) is 4.79 Å². The summed E-state index contributed by atoms with van der Waals surface area (Å²) < 4.78 is 5.31. The van der Waals surface area contributed by atoms with Gasteiger partial charge in [-0.25, -0.2) is 9.78 Å². The molecule has 0 atom stereocenters. The number of aromatic nitrogens is 1. The molecule has 0 aliphatic carbocycles. The van der Waals surface area contributed by atoms with Crippen molar-refractivity contribution in [2.45, 2.75) is 6.92 Å². The highest BCUT2D eigenvalue weighted by Crippen LogP contribution is 2.32. The number of pyridine rings is 1. The maximum absolute atomic E-state index is 12.8. The van der Waals surface area contributed by atoms with Crippen molar-refractivity contribution in [2.75, 3.05) is 43.5 Å². The number of rotatable bonds is 3. The average Bonchev–Trinajstić information content (AvgIpc) is 2.74. The zero-order chi connectivity index (χ0) is 20.4. The van der Waals surface area contributed by atoms with E-state index in [1.54, 1.807) is 25.3 Å². The molecular formula is C22H24ClN4O2+. The number of carbonyl (C=O) groups is 1. The number of hydrogen-bond donors (Lipinski definition) is 1. The molecule has 0 unspecified atom stereocenters. The average molecular weight is 412 g/mol. The fraction of sp³-hybridized carbons (Fsp3) is 0.273. The normalized spacial score (nSPS) is 14.2. The van der Waals surface area contributed by atoms with E-state index >= 15 is 0 Å². The van der Waals surface area contributed by atoms with E-state index in [0.29, 0.717) is 29.5 Å². The SMILES string of the molecule is COc1cccc(Cl)c1NC(=O)N1CCN(c2cc(C)[nH+]c3ccccc23)CC1. The molecule has 6 nitrogen and oxygen atoms in total. The van der Waals surface area contributed by atoms with Crippen LogP contribution in [-0.4, -0.2) is 44.2 Å². The molecule has 1 aliphatic rings. The van der Waals surface area contributed by atoms with Crippen LogP contribution in [0.1, 0.15) is 5.69 Å². The molecule has 1 fully saturated rings. The number of para-hydroxylation sites is 2. The van der Waals surface area contributed by atoms with Gasteiger partial charge in [0.25, 0.3) is 0 Å². The van der Waals surface area contributed by atoms with Crippen molar-refractivity contribution in [3.63, 3.8) is 0 Å². The third kappa shape index (κ3) is 3.93. The Bertz CT molecular complexity index is 1050. The molecule has 4 rings (SSSR count). The number of carbonyl (C=O) groups excluding carboxylic acids is 1. The van der Waals surface area contributed by atoms with E-state index in [2.05, 4.69) is 46.4 Å². The Morgan fingerprint density at radius 2 is 1.86 bits per heavy atom. The summed E-state index contributed by atoms with van der Waals surface area (Å²) in [4.78, 5) is 20.3. The van der Waals surface area contributed by atoms with Gasteiger partial charge in [-0.15, -0.1) is 0 Å². The first-order valence-corrected chi connectivity index (χ1v) is 9.99. The molecule has 7 heteroatoms. The number of H-pyrrole nitrogens is 1. The number of amides is 2. The molecule has 2 heterocycles. The molecule has 0 saturated carbocycles. The zero-order valence-corrected chi connectivity index (χ0v) is 17.3. The summed E-state index contributed by atoms with van der Waals surface area (Å²) >= 11 is 6.24. The van der Waals surface area contributed by atoms with Crippen LogP contribution in [0.5, 0.6) is 5.75 Å². The van der Waals surface area contributed by atoms with E-state index in [0.717, 1.165) is 24.3 Å².